The zero-order chi connectivity index (χ0) is 15.5. The van der Waals surface area contributed by atoms with E-state index in [9.17, 15) is 0 Å². The smallest absolute Gasteiger partial charge is 0.151 e. The number of nitrogens with zero attached hydrogens (tertiary/aromatic N) is 3. The molecule has 2 N–H and O–H groups in total. The Hall–Kier alpha value is -1.62. The zero-order valence-electron chi connectivity index (χ0n) is 13.7. The number of pyridine rings is 1. The third kappa shape index (κ3) is 2.70. The summed E-state index contributed by atoms with van der Waals surface area (Å²) in [7, 11) is 1.75. The quantitative estimate of drug-likeness (QED) is 0.891. The van der Waals surface area contributed by atoms with Crippen molar-refractivity contribution < 1.29 is 4.74 Å². The first-order valence-corrected chi connectivity index (χ1v) is 8.41. The van der Waals surface area contributed by atoms with Gasteiger partial charge in [0.25, 0.3) is 0 Å². The van der Waals surface area contributed by atoms with Gasteiger partial charge in [-0.3, -0.25) is 0 Å². The molecule has 0 radical (unpaired) electrons. The maximum Gasteiger partial charge on any atom is 0.151 e. The minimum atomic E-state index is 0.588. The van der Waals surface area contributed by atoms with Crippen LogP contribution in [0.3, 0.4) is 0 Å². The first kappa shape index (κ1) is 15.3. The molecule has 22 heavy (non-hydrogen) atoms. The topological polar surface area (TPSA) is 66.0 Å². The van der Waals surface area contributed by atoms with Crippen LogP contribution in [0.1, 0.15) is 49.7 Å². The van der Waals surface area contributed by atoms with Crippen molar-refractivity contribution in [2.45, 2.75) is 58.4 Å². The maximum absolute atomic E-state index is 6.20. The van der Waals surface area contributed by atoms with Crippen LogP contribution in [0.5, 0.6) is 0 Å². The van der Waals surface area contributed by atoms with Gasteiger partial charge in [0.2, 0.25) is 0 Å². The Labute approximate surface area is 131 Å². The van der Waals surface area contributed by atoms with E-state index < -0.39 is 0 Å². The van der Waals surface area contributed by atoms with Crippen molar-refractivity contribution in [2.75, 3.05) is 19.5 Å². The summed E-state index contributed by atoms with van der Waals surface area (Å²) < 4.78 is 7.63. The molecular formula is C17H26N4O. The van der Waals surface area contributed by atoms with Gasteiger partial charge in [-0.15, -0.1) is 0 Å². The molecule has 0 amide bonds. The number of rotatable bonds is 6. The zero-order valence-corrected chi connectivity index (χ0v) is 13.7. The van der Waals surface area contributed by atoms with Crippen LogP contribution in [-0.2, 0) is 30.5 Å². The summed E-state index contributed by atoms with van der Waals surface area (Å²) in [5.74, 6) is 1.71. The van der Waals surface area contributed by atoms with E-state index in [-0.39, 0.29) is 0 Å². The normalized spacial score (nSPS) is 14.5. The molecule has 2 aromatic heterocycles. The van der Waals surface area contributed by atoms with E-state index in [1.807, 2.05) is 0 Å². The number of ether oxygens (including phenoxy) is 1. The van der Waals surface area contributed by atoms with Crippen molar-refractivity contribution in [3.63, 3.8) is 0 Å². The molecule has 5 nitrogen and oxygen atoms in total. The number of aromatic nitrogens is 3. The molecule has 0 bridgehead atoms. The Morgan fingerprint density at radius 2 is 2.05 bits per heavy atom. The Morgan fingerprint density at radius 3 is 2.82 bits per heavy atom. The van der Waals surface area contributed by atoms with Crippen LogP contribution >= 0.6 is 0 Å². The molecule has 0 saturated heterocycles. The molecule has 5 heteroatoms. The van der Waals surface area contributed by atoms with Gasteiger partial charge in [-0.25, -0.2) is 9.97 Å². The molecule has 2 heterocycles. The van der Waals surface area contributed by atoms with Gasteiger partial charge in [-0.2, -0.15) is 0 Å². The van der Waals surface area contributed by atoms with E-state index in [0.29, 0.717) is 12.4 Å². The number of nitrogen functional groups attached to an aromatic ring is 1. The molecule has 0 unspecified atom stereocenters. The van der Waals surface area contributed by atoms with Crippen LogP contribution in [0.4, 0.5) is 5.82 Å². The monoisotopic (exact) mass is 302 g/mol. The fraction of sp³-hybridized carbons (Fsp3) is 0.647. The molecule has 0 spiro atoms. The SMILES string of the molecule is CCCCc1nc2c(N)nc3c(c2n1CCOC)CCCC3. The number of hydrogen-bond acceptors (Lipinski definition) is 4. The number of aryl methyl sites for hydroxylation is 3. The molecule has 1 aliphatic rings. The highest BCUT2D eigenvalue weighted by Gasteiger charge is 2.22. The van der Waals surface area contributed by atoms with E-state index in [0.717, 1.165) is 43.6 Å². The van der Waals surface area contributed by atoms with Gasteiger partial charge in [0, 0.05) is 25.8 Å². The Morgan fingerprint density at radius 1 is 1.23 bits per heavy atom. The Bertz CT molecular complexity index is 662. The Balaban J connectivity index is 2.16. The number of unbranched alkanes of at least 4 members (excludes halogenated alkanes) is 1. The lowest BCUT2D eigenvalue weighted by Crippen LogP contribution is -2.13. The lowest BCUT2D eigenvalue weighted by Gasteiger charge is -2.18. The van der Waals surface area contributed by atoms with Crippen molar-refractivity contribution in [3.05, 3.63) is 17.1 Å². The predicted molar refractivity (Wildman–Crippen MR) is 89.1 cm³/mol. The van der Waals surface area contributed by atoms with Crippen molar-refractivity contribution in [1.29, 1.82) is 0 Å². The number of anilines is 1. The predicted octanol–water partition coefficient (Wildman–Crippen LogP) is 2.88. The number of imidazole rings is 1. The van der Waals surface area contributed by atoms with Gasteiger partial charge in [0.15, 0.2) is 5.82 Å². The van der Waals surface area contributed by atoms with Gasteiger partial charge in [0.1, 0.15) is 11.3 Å². The highest BCUT2D eigenvalue weighted by molar-refractivity contribution is 5.89. The van der Waals surface area contributed by atoms with Crippen LogP contribution < -0.4 is 5.73 Å². The average Bonchev–Trinajstić information content (AvgIpc) is 2.90. The summed E-state index contributed by atoms with van der Waals surface area (Å²) >= 11 is 0. The molecule has 0 aliphatic heterocycles. The van der Waals surface area contributed by atoms with E-state index in [1.165, 1.54) is 36.0 Å². The Kier molecular flexibility index (Phi) is 4.62. The van der Waals surface area contributed by atoms with E-state index in [2.05, 4.69) is 16.5 Å². The fourth-order valence-corrected chi connectivity index (χ4v) is 3.40. The van der Waals surface area contributed by atoms with Gasteiger partial charge in [-0.1, -0.05) is 13.3 Å². The average molecular weight is 302 g/mol. The lowest BCUT2D eigenvalue weighted by atomic mass is 9.95. The minimum Gasteiger partial charge on any atom is -0.383 e. The van der Waals surface area contributed by atoms with Crippen molar-refractivity contribution in [3.8, 4) is 0 Å². The highest BCUT2D eigenvalue weighted by Crippen LogP contribution is 2.31. The fourth-order valence-electron chi connectivity index (χ4n) is 3.40. The van der Waals surface area contributed by atoms with Crippen LogP contribution in [0.25, 0.3) is 11.0 Å². The number of methoxy groups -OCH3 is 1. The summed E-state index contributed by atoms with van der Waals surface area (Å²) in [6.07, 6.45) is 7.86. The molecule has 2 aromatic rings. The van der Waals surface area contributed by atoms with Gasteiger partial charge in [-0.05, 0) is 37.7 Å². The van der Waals surface area contributed by atoms with Crippen molar-refractivity contribution >= 4 is 16.9 Å². The lowest BCUT2D eigenvalue weighted by molar-refractivity contribution is 0.187. The molecule has 0 saturated carbocycles. The van der Waals surface area contributed by atoms with Gasteiger partial charge < -0.3 is 15.0 Å². The number of fused-ring (bicyclic) bond motifs is 3. The largest absolute Gasteiger partial charge is 0.383 e. The minimum absolute atomic E-state index is 0.588. The summed E-state index contributed by atoms with van der Waals surface area (Å²) in [5, 5.41) is 0. The van der Waals surface area contributed by atoms with Gasteiger partial charge >= 0.3 is 0 Å². The highest BCUT2D eigenvalue weighted by atomic mass is 16.5. The molecule has 0 fully saturated rings. The van der Waals surface area contributed by atoms with E-state index in [1.54, 1.807) is 7.11 Å². The van der Waals surface area contributed by atoms with Crippen LogP contribution in [0.15, 0.2) is 0 Å². The molecular weight excluding hydrogens is 276 g/mol. The molecule has 1 aliphatic carbocycles. The van der Waals surface area contributed by atoms with Crippen LogP contribution in [0, 0.1) is 0 Å². The third-order valence-corrected chi connectivity index (χ3v) is 4.54. The standard InChI is InChI=1S/C17H26N4O/c1-3-4-9-14-20-15-16(21(14)10-11-22-2)12-7-5-6-8-13(12)19-17(15)18/h3-11H2,1-2H3,(H2,18,19). The second-order valence-corrected chi connectivity index (χ2v) is 6.10. The molecule has 0 atom stereocenters. The molecule has 120 valence electrons. The van der Waals surface area contributed by atoms with Crippen molar-refractivity contribution in [2.24, 2.45) is 0 Å². The summed E-state index contributed by atoms with van der Waals surface area (Å²) in [6, 6.07) is 0. The van der Waals surface area contributed by atoms with Gasteiger partial charge in [0.05, 0.1) is 12.1 Å². The molecule has 3 rings (SSSR count). The summed E-state index contributed by atoms with van der Waals surface area (Å²) in [5.41, 5.74) is 10.8. The maximum atomic E-state index is 6.20. The van der Waals surface area contributed by atoms with Crippen molar-refractivity contribution in [1.82, 2.24) is 14.5 Å². The first-order valence-electron chi connectivity index (χ1n) is 8.41. The third-order valence-electron chi connectivity index (χ3n) is 4.54. The second-order valence-electron chi connectivity index (χ2n) is 6.10. The van der Waals surface area contributed by atoms with Crippen LogP contribution in [0.2, 0.25) is 0 Å². The molecule has 0 aromatic carbocycles. The van der Waals surface area contributed by atoms with E-state index >= 15 is 0 Å². The first-order chi connectivity index (χ1) is 10.8. The van der Waals surface area contributed by atoms with Crippen LogP contribution in [-0.4, -0.2) is 28.3 Å². The number of hydrogen-bond donors (Lipinski definition) is 1. The van der Waals surface area contributed by atoms with E-state index in [4.69, 9.17) is 15.5 Å². The number of nitrogens with two attached hydrogens (primary N) is 1. The summed E-state index contributed by atoms with van der Waals surface area (Å²) in [4.78, 5) is 9.46. The second kappa shape index (κ2) is 6.65. The summed E-state index contributed by atoms with van der Waals surface area (Å²) in [6.45, 7) is 3.74.